The molecule has 1 aromatic rings. The van der Waals surface area contributed by atoms with Crippen LogP contribution in [-0.2, 0) is 0 Å². The Morgan fingerprint density at radius 1 is 1.21 bits per heavy atom. The van der Waals surface area contributed by atoms with Crippen molar-refractivity contribution in [1.82, 2.24) is 0 Å². The molecule has 14 heavy (non-hydrogen) atoms. The number of carbonyl (C=O) groups is 1. The van der Waals surface area contributed by atoms with Crippen LogP contribution in [0.4, 0.5) is 0 Å². The van der Waals surface area contributed by atoms with Gasteiger partial charge < -0.3 is 0 Å². The van der Waals surface area contributed by atoms with Gasteiger partial charge in [0.25, 0.3) is 0 Å². The van der Waals surface area contributed by atoms with Gasteiger partial charge >= 0.3 is 0 Å². The van der Waals surface area contributed by atoms with Crippen molar-refractivity contribution in [3.63, 3.8) is 0 Å². The number of carbonyl (C=O) groups excluding carboxylic acids is 1. The molecular weight excluding hydrogens is 219 g/mol. The molecule has 0 aliphatic carbocycles. The topological polar surface area (TPSA) is 17.1 Å². The van der Waals surface area contributed by atoms with Crippen molar-refractivity contribution in [2.75, 3.05) is 5.88 Å². The van der Waals surface area contributed by atoms with Crippen LogP contribution in [0.2, 0.25) is 5.02 Å². The van der Waals surface area contributed by atoms with E-state index in [1.807, 2.05) is 12.2 Å². The molecule has 0 atom stereocenters. The van der Waals surface area contributed by atoms with Crippen molar-refractivity contribution in [2.24, 2.45) is 0 Å². The molecule has 1 aromatic carbocycles. The van der Waals surface area contributed by atoms with Gasteiger partial charge in [0.1, 0.15) is 6.29 Å². The van der Waals surface area contributed by atoms with Crippen molar-refractivity contribution < 1.29 is 4.79 Å². The Morgan fingerprint density at radius 3 is 2.57 bits per heavy atom. The van der Waals surface area contributed by atoms with Crippen molar-refractivity contribution in [1.29, 1.82) is 0 Å². The van der Waals surface area contributed by atoms with Gasteiger partial charge in [0, 0.05) is 16.5 Å². The SMILES string of the molecule is O=Cc1cc(Cl)cc(C=CCCCl)c1. The molecule has 0 saturated carbocycles. The predicted molar refractivity (Wildman–Crippen MR) is 61.2 cm³/mol. The first-order valence-corrected chi connectivity index (χ1v) is 5.16. The molecule has 0 N–H and O–H groups in total. The highest BCUT2D eigenvalue weighted by atomic mass is 35.5. The molecule has 0 aromatic heterocycles. The van der Waals surface area contributed by atoms with Gasteiger partial charge in [-0.15, -0.1) is 11.6 Å². The van der Waals surface area contributed by atoms with Gasteiger partial charge in [0.2, 0.25) is 0 Å². The highest BCUT2D eigenvalue weighted by Gasteiger charge is 1.95. The number of rotatable bonds is 4. The zero-order chi connectivity index (χ0) is 10.4. The summed E-state index contributed by atoms with van der Waals surface area (Å²) in [6.45, 7) is 0. The molecule has 0 aliphatic rings. The van der Waals surface area contributed by atoms with E-state index in [4.69, 9.17) is 23.2 Å². The van der Waals surface area contributed by atoms with Crippen LogP contribution < -0.4 is 0 Å². The first kappa shape index (κ1) is 11.3. The quantitative estimate of drug-likeness (QED) is 0.567. The number of hydrogen-bond donors (Lipinski definition) is 0. The lowest BCUT2D eigenvalue weighted by atomic mass is 10.1. The second-order valence-corrected chi connectivity index (χ2v) is 3.63. The third-order valence-electron chi connectivity index (χ3n) is 1.66. The van der Waals surface area contributed by atoms with Gasteiger partial charge in [0.15, 0.2) is 0 Å². The zero-order valence-electron chi connectivity index (χ0n) is 7.54. The van der Waals surface area contributed by atoms with E-state index in [9.17, 15) is 4.79 Å². The first-order valence-electron chi connectivity index (χ1n) is 4.24. The van der Waals surface area contributed by atoms with E-state index in [-0.39, 0.29) is 0 Å². The number of aldehydes is 1. The van der Waals surface area contributed by atoms with Gasteiger partial charge in [-0.05, 0) is 30.2 Å². The lowest BCUT2D eigenvalue weighted by Gasteiger charge is -1.97. The largest absolute Gasteiger partial charge is 0.298 e. The first-order chi connectivity index (χ1) is 6.76. The Bertz CT molecular complexity index is 345. The Balaban J connectivity index is 2.86. The Labute approximate surface area is 93.3 Å². The molecule has 0 radical (unpaired) electrons. The van der Waals surface area contributed by atoms with Gasteiger partial charge in [-0.25, -0.2) is 0 Å². The number of benzene rings is 1. The van der Waals surface area contributed by atoms with E-state index < -0.39 is 0 Å². The summed E-state index contributed by atoms with van der Waals surface area (Å²) in [6.07, 6.45) is 5.45. The summed E-state index contributed by atoms with van der Waals surface area (Å²) < 4.78 is 0. The van der Waals surface area contributed by atoms with Crippen LogP contribution in [0, 0.1) is 0 Å². The molecule has 0 heterocycles. The average molecular weight is 229 g/mol. The fourth-order valence-electron chi connectivity index (χ4n) is 1.08. The second kappa shape index (κ2) is 5.84. The van der Waals surface area contributed by atoms with Crippen LogP contribution in [0.5, 0.6) is 0 Å². The molecule has 1 nitrogen and oxygen atoms in total. The lowest BCUT2D eigenvalue weighted by Crippen LogP contribution is -1.81. The highest BCUT2D eigenvalue weighted by Crippen LogP contribution is 2.15. The molecule has 1 rings (SSSR count). The van der Waals surface area contributed by atoms with Crippen molar-refractivity contribution in [3.8, 4) is 0 Å². The van der Waals surface area contributed by atoms with Crippen molar-refractivity contribution in [2.45, 2.75) is 6.42 Å². The maximum atomic E-state index is 10.5. The van der Waals surface area contributed by atoms with E-state index in [2.05, 4.69) is 0 Å². The second-order valence-electron chi connectivity index (χ2n) is 2.82. The Hall–Kier alpha value is -0.790. The molecule has 0 amide bonds. The van der Waals surface area contributed by atoms with Crippen molar-refractivity contribution >= 4 is 35.6 Å². The predicted octanol–water partition coefficient (Wildman–Crippen LogP) is 3.79. The summed E-state index contributed by atoms with van der Waals surface area (Å²) in [5.41, 5.74) is 1.51. The maximum Gasteiger partial charge on any atom is 0.150 e. The van der Waals surface area contributed by atoms with E-state index in [0.717, 1.165) is 18.3 Å². The minimum Gasteiger partial charge on any atom is -0.298 e. The number of halogens is 2. The molecule has 3 heteroatoms. The number of alkyl halides is 1. The molecule has 74 valence electrons. The third-order valence-corrected chi connectivity index (χ3v) is 2.10. The minimum absolute atomic E-state index is 0.570. The summed E-state index contributed by atoms with van der Waals surface area (Å²) >= 11 is 11.3. The van der Waals surface area contributed by atoms with Gasteiger partial charge in [-0.3, -0.25) is 4.79 Å². The summed E-state index contributed by atoms with van der Waals surface area (Å²) in [6, 6.07) is 5.22. The van der Waals surface area contributed by atoms with Gasteiger partial charge in [-0.2, -0.15) is 0 Å². The monoisotopic (exact) mass is 228 g/mol. The average Bonchev–Trinajstić information content (AvgIpc) is 2.17. The Morgan fingerprint density at radius 2 is 1.93 bits per heavy atom. The maximum absolute atomic E-state index is 10.5. The minimum atomic E-state index is 0.570. The molecule has 0 unspecified atom stereocenters. The molecule has 0 saturated heterocycles. The smallest absolute Gasteiger partial charge is 0.150 e. The lowest BCUT2D eigenvalue weighted by molar-refractivity contribution is 0.112. The van der Waals surface area contributed by atoms with Crippen LogP contribution in [0.15, 0.2) is 24.3 Å². The fraction of sp³-hybridized carbons (Fsp3) is 0.182. The zero-order valence-corrected chi connectivity index (χ0v) is 9.05. The highest BCUT2D eigenvalue weighted by molar-refractivity contribution is 6.31. The molecular formula is C11H10Cl2O. The van der Waals surface area contributed by atoms with E-state index in [1.54, 1.807) is 18.2 Å². The van der Waals surface area contributed by atoms with E-state index in [0.29, 0.717) is 16.5 Å². The van der Waals surface area contributed by atoms with Crippen LogP contribution >= 0.6 is 23.2 Å². The summed E-state index contributed by atoms with van der Waals surface area (Å²) in [4.78, 5) is 10.5. The third kappa shape index (κ3) is 3.52. The fourth-order valence-corrected chi connectivity index (χ4v) is 1.46. The molecule has 0 bridgehead atoms. The number of allylic oxidation sites excluding steroid dienone is 1. The normalized spacial score (nSPS) is 10.7. The number of hydrogen-bond acceptors (Lipinski definition) is 1. The summed E-state index contributed by atoms with van der Waals surface area (Å²) in [7, 11) is 0. The summed E-state index contributed by atoms with van der Waals surface area (Å²) in [5, 5.41) is 0.570. The van der Waals surface area contributed by atoms with E-state index >= 15 is 0 Å². The van der Waals surface area contributed by atoms with Crippen LogP contribution in [0.25, 0.3) is 6.08 Å². The van der Waals surface area contributed by atoms with Crippen LogP contribution in [0.3, 0.4) is 0 Å². The van der Waals surface area contributed by atoms with Gasteiger partial charge in [-0.1, -0.05) is 23.8 Å². The van der Waals surface area contributed by atoms with Gasteiger partial charge in [0.05, 0.1) is 0 Å². The molecule has 0 fully saturated rings. The Kier molecular flexibility index (Phi) is 4.71. The van der Waals surface area contributed by atoms with Crippen molar-refractivity contribution in [3.05, 3.63) is 40.4 Å². The van der Waals surface area contributed by atoms with E-state index in [1.165, 1.54) is 0 Å². The molecule has 0 spiro atoms. The van der Waals surface area contributed by atoms with Crippen LogP contribution in [0.1, 0.15) is 22.3 Å². The van der Waals surface area contributed by atoms with Crippen LogP contribution in [-0.4, -0.2) is 12.2 Å². The summed E-state index contributed by atoms with van der Waals surface area (Å²) in [5.74, 6) is 0.595. The standard InChI is InChI=1S/C11H10Cl2O/c12-4-2-1-3-9-5-10(8-14)7-11(13)6-9/h1,3,5-8H,2,4H2. The molecule has 0 aliphatic heterocycles.